The van der Waals surface area contributed by atoms with Gasteiger partial charge in [0.25, 0.3) is 0 Å². The molecule has 0 spiro atoms. The number of esters is 1. The zero-order valence-electron chi connectivity index (χ0n) is 10.8. The fraction of sp³-hybridized carbons (Fsp3) is 0.0588. The summed E-state index contributed by atoms with van der Waals surface area (Å²) in [5, 5.41) is 2.13. The highest BCUT2D eigenvalue weighted by Crippen LogP contribution is 2.16. The maximum absolute atomic E-state index is 12.0. The van der Waals surface area contributed by atoms with Gasteiger partial charge in [-0.3, -0.25) is 4.98 Å². The average molecular weight is 263 g/mol. The zero-order valence-corrected chi connectivity index (χ0v) is 10.8. The Bertz CT molecular complexity index is 738. The van der Waals surface area contributed by atoms with Crippen LogP contribution in [0.3, 0.4) is 0 Å². The zero-order chi connectivity index (χ0) is 13.8. The molecular formula is C17H13NO2. The molecule has 0 aliphatic rings. The van der Waals surface area contributed by atoms with E-state index in [1.165, 1.54) is 0 Å². The van der Waals surface area contributed by atoms with E-state index in [9.17, 15) is 4.79 Å². The second-order valence-electron chi connectivity index (χ2n) is 4.46. The highest BCUT2D eigenvalue weighted by Gasteiger charge is 2.08. The van der Waals surface area contributed by atoms with E-state index < -0.39 is 0 Å². The van der Waals surface area contributed by atoms with Gasteiger partial charge in [-0.15, -0.1) is 0 Å². The summed E-state index contributed by atoms with van der Waals surface area (Å²) < 4.78 is 5.26. The molecule has 98 valence electrons. The van der Waals surface area contributed by atoms with Crippen LogP contribution < -0.4 is 0 Å². The summed E-state index contributed by atoms with van der Waals surface area (Å²) in [5.74, 6) is -0.332. The Morgan fingerprint density at radius 1 is 0.950 bits per heavy atom. The van der Waals surface area contributed by atoms with Crippen LogP contribution in [0, 0.1) is 0 Å². The van der Waals surface area contributed by atoms with Gasteiger partial charge in [-0.1, -0.05) is 36.4 Å². The molecule has 1 aromatic heterocycles. The van der Waals surface area contributed by atoms with Crippen LogP contribution in [0.5, 0.6) is 0 Å². The first kappa shape index (κ1) is 12.4. The smallest absolute Gasteiger partial charge is 0.338 e. The number of fused-ring (bicyclic) bond motifs is 1. The molecule has 3 nitrogen and oxygen atoms in total. The molecule has 20 heavy (non-hydrogen) atoms. The van der Waals surface area contributed by atoms with E-state index >= 15 is 0 Å². The van der Waals surface area contributed by atoms with Crippen LogP contribution in [-0.2, 0) is 11.3 Å². The van der Waals surface area contributed by atoms with Crippen molar-refractivity contribution in [3.63, 3.8) is 0 Å². The van der Waals surface area contributed by atoms with Gasteiger partial charge in [-0.05, 0) is 35.0 Å². The Morgan fingerprint density at radius 2 is 1.75 bits per heavy atom. The van der Waals surface area contributed by atoms with Crippen molar-refractivity contribution in [2.45, 2.75) is 6.61 Å². The van der Waals surface area contributed by atoms with Gasteiger partial charge in [0.05, 0.1) is 11.3 Å². The summed E-state index contributed by atoms with van der Waals surface area (Å²) in [7, 11) is 0. The number of benzene rings is 2. The van der Waals surface area contributed by atoms with E-state index in [-0.39, 0.29) is 12.6 Å². The summed E-state index contributed by atoms with van der Waals surface area (Å²) >= 11 is 0. The van der Waals surface area contributed by atoms with Crippen LogP contribution in [0.2, 0.25) is 0 Å². The van der Waals surface area contributed by atoms with E-state index in [0.29, 0.717) is 5.56 Å². The van der Waals surface area contributed by atoms with Crippen LogP contribution in [0.15, 0.2) is 66.9 Å². The molecule has 0 saturated carbocycles. The standard InChI is InChI=1S/C17H13NO2/c19-17(20-12-16-7-3-4-10-18-16)15-9-8-13-5-1-2-6-14(13)11-15/h1-11H,12H2. The highest BCUT2D eigenvalue weighted by molar-refractivity contribution is 5.95. The number of carbonyl (C=O) groups excluding carboxylic acids is 1. The van der Waals surface area contributed by atoms with Crippen LogP contribution >= 0.6 is 0 Å². The summed E-state index contributed by atoms with van der Waals surface area (Å²) in [5.41, 5.74) is 1.29. The van der Waals surface area contributed by atoms with Gasteiger partial charge < -0.3 is 4.74 Å². The molecule has 0 unspecified atom stereocenters. The molecule has 1 heterocycles. The van der Waals surface area contributed by atoms with Gasteiger partial charge in [0.1, 0.15) is 6.61 Å². The van der Waals surface area contributed by atoms with Gasteiger partial charge in [0.2, 0.25) is 0 Å². The van der Waals surface area contributed by atoms with Crippen molar-refractivity contribution in [1.29, 1.82) is 0 Å². The third-order valence-electron chi connectivity index (χ3n) is 3.06. The lowest BCUT2D eigenvalue weighted by molar-refractivity contribution is 0.0468. The Hall–Kier alpha value is -2.68. The number of carbonyl (C=O) groups is 1. The van der Waals surface area contributed by atoms with Gasteiger partial charge in [0, 0.05) is 6.20 Å². The molecule has 0 aliphatic heterocycles. The number of rotatable bonds is 3. The van der Waals surface area contributed by atoms with E-state index in [4.69, 9.17) is 4.74 Å². The van der Waals surface area contributed by atoms with Gasteiger partial charge in [-0.2, -0.15) is 0 Å². The van der Waals surface area contributed by atoms with E-state index in [1.807, 2.05) is 54.6 Å². The van der Waals surface area contributed by atoms with Crippen molar-refractivity contribution < 1.29 is 9.53 Å². The number of aromatic nitrogens is 1. The number of nitrogens with zero attached hydrogens (tertiary/aromatic N) is 1. The average Bonchev–Trinajstić information content (AvgIpc) is 2.53. The molecule has 0 N–H and O–H groups in total. The Labute approximate surface area is 116 Å². The van der Waals surface area contributed by atoms with Gasteiger partial charge in [-0.25, -0.2) is 4.79 Å². The summed E-state index contributed by atoms with van der Waals surface area (Å²) in [4.78, 5) is 16.1. The molecule has 3 heteroatoms. The first-order valence-corrected chi connectivity index (χ1v) is 6.39. The fourth-order valence-corrected chi connectivity index (χ4v) is 2.02. The Kier molecular flexibility index (Phi) is 3.42. The summed E-state index contributed by atoms with van der Waals surface area (Å²) in [6, 6.07) is 19.0. The van der Waals surface area contributed by atoms with Gasteiger partial charge in [0.15, 0.2) is 0 Å². The monoisotopic (exact) mass is 263 g/mol. The predicted octanol–water partition coefficient (Wildman–Crippen LogP) is 3.59. The third-order valence-corrected chi connectivity index (χ3v) is 3.06. The second kappa shape index (κ2) is 5.53. The van der Waals surface area contributed by atoms with E-state index in [0.717, 1.165) is 16.5 Å². The van der Waals surface area contributed by atoms with E-state index in [2.05, 4.69) is 4.98 Å². The minimum atomic E-state index is -0.332. The highest BCUT2D eigenvalue weighted by atomic mass is 16.5. The normalized spacial score (nSPS) is 10.4. The van der Waals surface area contributed by atoms with Crippen molar-refractivity contribution >= 4 is 16.7 Å². The predicted molar refractivity (Wildman–Crippen MR) is 77.3 cm³/mol. The van der Waals surface area contributed by atoms with Crippen LogP contribution in [-0.4, -0.2) is 11.0 Å². The molecule has 0 saturated heterocycles. The SMILES string of the molecule is O=C(OCc1ccccn1)c1ccc2ccccc2c1. The molecule has 2 aromatic carbocycles. The molecule has 0 aliphatic carbocycles. The minimum absolute atomic E-state index is 0.187. The maximum atomic E-state index is 12.0. The van der Waals surface area contributed by atoms with E-state index in [1.54, 1.807) is 12.3 Å². The molecule has 3 aromatic rings. The van der Waals surface area contributed by atoms with Crippen molar-refractivity contribution in [3.05, 3.63) is 78.1 Å². The first-order valence-electron chi connectivity index (χ1n) is 6.39. The van der Waals surface area contributed by atoms with Crippen LogP contribution in [0.4, 0.5) is 0 Å². The molecule has 0 bridgehead atoms. The molecular weight excluding hydrogens is 250 g/mol. The van der Waals surface area contributed by atoms with Crippen LogP contribution in [0.1, 0.15) is 16.1 Å². The van der Waals surface area contributed by atoms with Gasteiger partial charge >= 0.3 is 5.97 Å². The first-order chi connectivity index (χ1) is 9.83. The van der Waals surface area contributed by atoms with Crippen molar-refractivity contribution in [3.8, 4) is 0 Å². The summed E-state index contributed by atoms with van der Waals surface area (Å²) in [6.07, 6.45) is 1.68. The topological polar surface area (TPSA) is 39.2 Å². The lowest BCUT2D eigenvalue weighted by Gasteiger charge is -2.05. The number of hydrogen-bond donors (Lipinski definition) is 0. The lowest BCUT2D eigenvalue weighted by Crippen LogP contribution is -2.05. The maximum Gasteiger partial charge on any atom is 0.338 e. The molecule has 0 radical (unpaired) electrons. The Balaban J connectivity index is 1.75. The fourth-order valence-electron chi connectivity index (χ4n) is 2.02. The van der Waals surface area contributed by atoms with Crippen molar-refractivity contribution in [2.75, 3.05) is 0 Å². The molecule has 0 fully saturated rings. The second-order valence-corrected chi connectivity index (χ2v) is 4.46. The Morgan fingerprint density at radius 3 is 2.55 bits per heavy atom. The minimum Gasteiger partial charge on any atom is -0.456 e. The lowest BCUT2D eigenvalue weighted by atomic mass is 10.1. The molecule has 0 amide bonds. The quantitative estimate of drug-likeness (QED) is 0.678. The number of hydrogen-bond acceptors (Lipinski definition) is 3. The number of ether oxygens (including phenoxy) is 1. The van der Waals surface area contributed by atoms with Crippen molar-refractivity contribution in [2.24, 2.45) is 0 Å². The molecule has 3 rings (SSSR count). The third kappa shape index (κ3) is 2.67. The van der Waals surface area contributed by atoms with Crippen molar-refractivity contribution in [1.82, 2.24) is 4.98 Å². The number of pyridine rings is 1. The largest absolute Gasteiger partial charge is 0.456 e. The summed E-state index contributed by atoms with van der Waals surface area (Å²) in [6.45, 7) is 0.187. The molecule has 0 atom stereocenters. The van der Waals surface area contributed by atoms with Crippen LogP contribution in [0.25, 0.3) is 10.8 Å².